The largest absolute Gasteiger partial charge is 0.369 e. The molecule has 3 heterocycles. The second-order valence-electron chi connectivity index (χ2n) is 8.27. The molecule has 2 aliphatic heterocycles. The molecule has 1 aliphatic carbocycles. The van der Waals surface area contributed by atoms with E-state index < -0.39 is 0 Å². The SMILES string of the molecule is c1ccc(-n2cc(N3CCC(N4CCCC4)CC3)c(C3CCC3)n2)cc1. The van der Waals surface area contributed by atoms with Gasteiger partial charge in [-0.25, -0.2) is 4.68 Å². The molecule has 4 nitrogen and oxygen atoms in total. The van der Waals surface area contributed by atoms with Crippen LogP contribution in [0.5, 0.6) is 0 Å². The van der Waals surface area contributed by atoms with E-state index in [-0.39, 0.29) is 0 Å². The van der Waals surface area contributed by atoms with Crippen molar-refractivity contribution < 1.29 is 0 Å². The van der Waals surface area contributed by atoms with Crippen molar-refractivity contribution in [1.82, 2.24) is 14.7 Å². The Labute approximate surface area is 156 Å². The molecule has 0 atom stereocenters. The quantitative estimate of drug-likeness (QED) is 0.826. The molecule has 1 aromatic carbocycles. The number of rotatable bonds is 4. The van der Waals surface area contributed by atoms with Gasteiger partial charge >= 0.3 is 0 Å². The first kappa shape index (κ1) is 16.4. The minimum absolute atomic E-state index is 0.672. The molecule has 0 radical (unpaired) electrons. The van der Waals surface area contributed by atoms with Crippen LogP contribution in [0.15, 0.2) is 36.5 Å². The summed E-state index contributed by atoms with van der Waals surface area (Å²) in [6.07, 6.45) is 11.7. The molecular weight excluding hydrogens is 320 g/mol. The van der Waals surface area contributed by atoms with Crippen molar-refractivity contribution in [3.05, 3.63) is 42.2 Å². The maximum Gasteiger partial charge on any atom is 0.0893 e. The van der Waals surface area contributed by atoms with E-state index in [0.29, 0.717) is 5.92 Å². The van der Waals surface area contributed by atoms with Crippen LogP contribution in [0.2, 0.25) is 0 Å². The second kappa shape index (κ2) is 7.07. The Morgan fingerprint density at radius 3 is 2.19 bits per heavy atom. The number of benzene rings is 1. The van der Waals surface area contributed by atoms with Gasteiger partial charge in [-0.3, -0.25) is 0 Å². The Hall–Kier alpha value is -1.81. The normalized spacial score (nSPS) is 22.7. The van der Waals surface area contributed by atoms with Gasteiger partial charge in [-0.05, 0) is 63.7 Å². The van der Waals surface area contributed by atoms with Crippen LogP contribution in [0, 0.1) is 0 Å². The molecule has 1 aromatic heterocycles. The topological polar surface area (TPSA) is 24.3 Å². The van der Waals surface area contributed by atoms with E-state index in [1.165, 1.54) is 88.2 Å². The lowest BCUT2D eigenvalue weighted by molar-refractivity contribution is 0.208. The molecule has 0 N–H and O–H groups in total. The number of hydrogen-bond acceptors (Lipinski definition) is 3. The summed E-state index contributed by atoms with van der Waals surface area (Å²) in [4.78, 5) is 5.35. The van der Waals surface area contributed by atoms with Crippen molar-refractivity contribution in [3.8, 4) is 5.69 Å². The van der Waals surface area contributed by atoms with E-state index in [2.05, 4.69) is 51.0 Å². The first-order chi connectivity index (χ1) is 12.9. The molecule has 0 bridgehead atoms. The molecule has 0 amide bonds. The molecule has 2 saturated heterocycles. The summed E-state index contributed by atoms with van der Waals surface area (Å²) in [6, 6.07) is 11.4. The molecule has 1 saturated carbocycles. The Morgan fingerprint density at radius 1 is 0.808 bits per heavy atom. The third-order valence-corrected chi connectivity index (χ3v) is 6.70. The Kier molecular flexibility index (Phi) is 4.45. The number of hydrogen-bond donors (Lipinski definition) is 0. The number of aromatic nitrogens is 2. The van der Waals surface area contributed by atoms with Gasteiger partial charge in [-0.1, -0.05) is 24.6 Å². The lowest BCUT2D eigenvalue weighted by Gasteiger charge is -2.38. The minimum atomic E-state index is 0.672. The van der Waals surface area contributed by atoms with Crippen molar-refractivity contribution in [2.75, 3.05) is 31.1 Å². The monoisotopic (exact) mass is 350 g/mol. The van der Waals surface area contributed by atoms with Gasteiger partial charge in [0.25, 0.3) is 0 Å². The third kappa shape index (κ3) is 3.05. The van der Waals surface area contributed by atoms with E-state index in [9.17, 15) is 0 Å². The van der Waals surface area contributed by atoms with Crippen LogP contribution in [-0.2, 0) is 0 Å². The minimum Gasteiger partial charge on any atom is -0.369 e. The van der Waals surface area contributed by atoms with Gasteiger partial charge in [0.1, 0.15) is 0 Å². The molecule has 26 heavy (non-hydrogen) atoms. The lowest BCUT2D eigenvalue weighted by Crippen LogP contribution is -2.44. The van der Waals surface area contributed by atoms with E-state index in [1.54, 1.807) is 0 Å². The van der Waals surface area contributed by atoms with Gasteiger partial charge in [0, 0.05) is 25.0 Å². The van der Waals surface area contributed by atoms with Crippen LogP contribution >= 0.6 is 0 Å². The Bertz CT molecular complexity index is 720. The van der Waals surface area contributed by atoms with Crippen LogP contribution in [0.3, 0.4) is 0 Å². The van der Waals surface area contributed by atoms with E-state index in [1.807, 2.05) is 0 Å². The summed E-state index contributed by atoms with van der Waals surface area (Å²) in [7, 11) is 0. The first-order valence-corrected chi connectivity index (χ1v) is 10.5. The summed E-state index contributed by atoms with van der Waals surface area (Å²) in [5, 5.41) is 5.04. The highest BCUT2D eigenvalue weighted by atomic mass is 15.3. The standard InChI is InChI=1S/C22H30N4/c1-2-9-20(10-3-1)26-17-21(22(23-26)18-7-6-8-18)25-15-11-19(12-16-25)24-13-4-5-14-24/h1-3,9-10,17-19H,4-8,11-16H2. The van der Waals surface area contributed by atoms with Gasteiger partial charge in [0.15, 0.2) is 0 Å². The smallest absolute Gasteiger partial charge is 0.0893 e. The molecule has 4 heteroatoms. The number of para-hydroxylation sites is 1. The summed E-state index contributed by atoms with van der Waals surface area (Å²) >= 11 is 0. The highest BCUT2D eigenvalue weighted by Crippen LogP contribution is 2.41. The fraction of sp³-hybridized carbons (Fsp3) is 0.591. The van der Waals surface area contributed by atoms with Crippen LogP contribution in [0.4, 0.5) is 5.69 Å². The van der Waals surface area contributed by atoms with Gasteiger partial charge < -0.3 is 9.80 Å². The zero-order valence-electron chi connectivity index (χ0n) is 15.7. The third-order valence-electron chi connectivity index (χ3n) is 6.70. The van der Waals surface area contributed by atoms with Gasteiger partial charge in [-0.15, -0.1) is 0 Å². The summed E-state index contributed by atoms with van der Waals surface area (Å²) < 4.78 is 2.11. The van der Waals surface area contributed by atoms with E-state index in [4.69, 9.17) is 5.10 Å². The molecule has 0 unspecified atom stereocenters. The van der Waals surface area contributed by atoms with E-state index in [0.717, 1.165) is 6.04 Å². The van der Waals surface area contributed by atoms with Crippen LogP contribution < -0.4 is 4.90 Å². The number of anilines is 1. The van der Waals surface area contributed by atoms with Crippen molar-refractivity contribution in [3.63, 3.8) is 0 Å². The molecule has 2 aromatic rings. The maximum absolute atomic E-state index is 5.04. The van der Waals surface area contributed by atoms with Gasteiger partial charge in [-0.2, -0.15) is 5.10 Å². The van der Waals surface area contributed by atoms with E-state index >= 15 is 0 Å². The molecule has 0 spiro atoms. The van der Waals surface area contributed by atoms with Crippen LogP contribution in [0.1, 0.15) is 56.6 Å². The molecule has 138 valence electrons. The van der Waals surface area contributed by atoms with Crippen molar-refractivity contribution in [2.24, 2.45) is 0 Å². The zero-order chi connectivity index (χ0) is 17.3. The average molecular weight is 351 g/mol. The first-order valence-electron chi connectivity index (χ1n) is 10.5. The highest BCUT2D eigenvalue weighted by molar-refractivity contribution is 5.54. The summed E-state index contributed by atoms with van der Waals surface area (Å²) in [5.74, 6) is 0.672. The van der Waals surface area contributed by atoms with Crippen LogP contribution in [-0.4, -0.2) is 46.9 Å². The zero-order valence-corrected chi connectivity index (χ0v) is 15.7. The van der Waals surface area contributed by atoms with Crippen LogP contribution in [0.25, 0.3) is 5.69 Å². The number of piperidine rings is 1. The Balaban J connectivity index is 1.37. The molecule has 3 fully saturated rings. The van der Waals surface area contributed by atoms with Gasteiger partial charge in [0.2, 0.25) is 0 Å². The fourth-order valence-corrected chi connectivity index (χ4v) is 4.89. The van der Waals surface area contributed by atoms with Crippen molar-refractivity contribution in [1.29, 1.82) is 0 Å². The van der Waals surface area contributed by atoms with Crippen molar-refractivity contribution in [2.45, 2.75) is 56.9 Å². The second-order valence-corrected chi connectivity index (χ2v) is 8.27. The summed E-state index contributed by atoms with van der Waals surface area (Å²) in [6.45, 7) is 5.01. The van der Waals surface area contributed by atoms with Crippen molar-refractivity contribution >= 4 is 5.69 Å². The predicted molar refractivity (Wildman–Crippen MR) is 106 cm³/mol. The molecule has 3 aliphatic rings. The lowest BCUT2D eigenvalue weighted by atomic mass is 9.82. The highest BCUT2D eigenvalue weighted by Gasteiger charge is 2.31. The predicted octanol–water partition coefficient (Wildman–Crippen LogP) is 4.20. The average Bonchev–Trinajstić information content (AvgIpc) is 3.32. The maximum atomic E-state index is 5.04. The summed E-state index contributed by atoms with van der Waals surface area (Å²) in [5.41, 5.74) is 3.92. The fourth-order valence-electron chi connectivity index (χ4n) is 4.89. The number of likely N-dealkylation sites (tertiary alicyclic amines) is 1. The molecular formula is C22H30N4. The molecule has 5 rings (SSSR count). The number of nitrogens with zero attached hydrogens (tertiary/aromatic N) is 4. The Morgan fingerprint density at radius 2 is 1.54 bits per heavy atom. The van der Waals surface area contributed by atoms with Gasteiger partial charge in [0.05, 0.1) is 23.3 Å².